The number of rotatable bonds is 2. The number of H-pyrrole nitrogens is 1. The van der Waals surface area contributed by atoms with Crippen LogP contribution in [0.3, 0.4) is 0 Å². The molecule has 0 radical (unpaired) electrons. The molecule has 82 valence electrons. The van der Waals surface area contributed by atoms with E-state index < -0.39 is 0 Å². The third kappa shape index (κ3) is 2.78. The minimum absolute atomic E-state index is 0.139. The van der Waals surface area contributed by atoms with E-state index in [1.807, 2.05) is 0 Å². The highest BCUT2D eigenvalue weighted by Gasteiger charge is 2.16. The van der Waals surface area contributed by atoms with Crippen molar-refractivity contribution in [3.05, 3.63) is 12.2 Å². The van der Waals surface area contributed by atoms with Gasteiger partial charge in [0.25, 0.3) is 5.91 Å². The maximum Gasteiger partial charge on any atom is 0.288 e. The summed E-state index contributed by atoms with van der Waals surface area (Å²) in [6.07, 6.45) is 8.51. The van der Waals surface area contributed by atoms with Crippen molar-refractivity contribution in [3.8, 4) is 0 Å². The molecule has 2 N–H and O–H groups in total. The smallest absolute Gasteiger partial charge is 0.288 e. The summed E-state index contributed by atoms with van der Waals surface area (Å²) in [6.45, 7) is 0. The van der Waals surface area contributed by atoms with Gasteiger partial charge in [-0.2, -0.15) is 5.10 Å². The second kappa shape index (κ2) is 4.91. The molecule has 1 saturated carbocycles. The molecule has 0 bridgehead atoms. The Morgan fingerprint density at radius 3 is 2.67 bits per heavy atom. The fourth-order valence-electron chi connectivity index (χ4n) is 1.99. The van der Waals surface area contributed by atoms with E-state index in [4.69, 9.17) is 0 Å². The number of carbonyl (C=O) groups is 1. The molecule has 1 fully saturated rings. The van der Waals surface area contributed by atoms with Gasteiger partial charge in [0.1, 0.15) is 6.33 Å². The van der Waals surface area contributed by atoms with Gasteiger partial charge in [0.05, 0.1) is 0 Å². The summed E-state index contributed by atoms with van der Waals surface area (Å²) in [7, 11) is 0. The highest BCUT2D eigenvalue weighted by molar-refractivity contribution is 5.90. The van der Waals surface area contributed by atoms with Crippen LogP contribution >= 0.6 is 0 Å². The van der Waals surface area contributed by atoms with E-state index in [0.29, 0.717) is 11.9 Å². The number of aromatic amines is 1. The molecule has 1 aliphatic carbocycles. The van der Waals surface area contributed by atoms with Crippen molar-refractivity contribution in [2.24, 2.45) is 0 Å². The third-order valence-electron chi connectivity index (χ3n) is 2.82. The van der Waals surface area contributed by atoms with Crippen LogP contribution in [0.2, 0.25) is 0 Å². The molecule has 2 rings (SSSR count). The van der Waals surface area contributed by atoms with E-state index >= 15 is 0 Å². The Kier molecular flexibility index (Phi) is 3.32. The first-order valence-electron chi connectivity index (χ1n) is 5.52. The molecule has 1 aliphatic rings. The molecule has 15 heavy (non-hydrogen) atoms. The lowest BCUT2D eigenvalue weighted by molar-refractivity contribution is 0.0923. The Balaban J connectivity index is 1.87. The minimum atomic E-state index is -0.139. The van der Waals surface area contributed by atoms with Crippen molar-refractivity contribution < 1.29 is 4.79 Å². The van der Waals surface area contributed by atoms with Crippen molar-refractivity contribution in [2.75, 3.05) is 0 Å². The van der Waals surface area contributed by atoms with Crippen LogP contribution in [0.25, 0.3) is 0 Å². The Morgan fingerprint density at radius 1 is 1.33 bits per heavy atom. The highest BCUT2D eigenvalue weighted by atomic mass is 16.2. The lowest BCUT2D eigenvalue weighted by atomic mass is 10.1. The van der Waals surface area contributed by atoms with Gasteiger partial charge in [-0.15, -0.1) is 0 Å². The predicted octanol–water partition coefficient (Wildman–Crippen LogP) is 1.26. The monoisotopic (exact) mass is 208 g/mol. The maximum absolute atomic E-state index is 11.6. The molecule has 5 nitrogen and oxygen atoms in total. The predicted molar refractivity (Wildman–Crippen MR) is 55.3 cm³/mol. The van der Waals surface area contributed by atoms with E-state index in [9.17, 15) is 4.79 Å². The van der Waals surface area contributed by atoms with Crippen LogP contribution in [0.1, 0.15) is 49.1 Å². The first-order valence-corrected chi connectivity index (χ1v) is 5.52. The molecule has 1 aromatic rings. The summed E-state index contributed by atoms with van der Waals surface area (Å²) in [5.74, 6) is 0.165. The normalized spacial score (nSPS) is 18.4. The van der Waals surface area contributed by atoms with Crippen LogP contribution in [0.5, 0.6) is 0 Å². The van der Waals surface area contributed by atoms with Gasteiger partial charge in [0, 0.05) is 6.04 Å². The molecular weight excluding hydrogens is 192 g/mol. The zero-order valence-electron chi connectivity index (χ0n) is 8.70. The number of nitrogens with one attached hydrogen (secondary N) is 2. The molecule has 0 unspecified atom stereocenters. The molecule has 1 aromatic heterocycles. The molecule has 0 aliphatic heterocycles. The average molecular weight is 208 g/mol. The van der Waals surface area contributed by atoms with Gasteiger partial charge in [0.15, 0.2) is 0 Å². The Hall–Kier alpha value is -1.39. The van der Waals surface area contributed by atoms with Gasteiger partial charge in [0.2, 0.25) is 5.82 Å². The number of carbonyl (C=O) groups excluding carboxylic acids is 1. The number of nitrogens with zero attached hydrogens (tertiary/aromatic N) is 2. The number of hydrogen-bond donors (Lipinski definition) is 2. The van der Waals surface area contributed by atoms with Crippen molar-refractivity contribution in [3.63, 3.8) is 0 Å². The summed E-state index contributed by atoms with van der Waals surface area (Å²) in [4.78, 5) is 15.5. The fourth-order valence-corrected chi connectivity index (χ4v) is 1.99. The van der Waals surface area contributed by atoms with Crippen LogP contribution in [0.4, 0.5) is 0 Å². The molecule has 0 atom stereocenters. The van der Waals surface area contributed by atoms with Crippen LogP contribution in [-0.4, -0.2) is 27.1 Å². The van der Waals surface area contributed by atoms with Crippen LogP contribution in [0.15, 0.2) is 6.33 Å². The van der Waals surface area contributed by atoms with Gasteiger partial charge < -0.3 is 5.32 Å². The summed E-state index contributed by atoms with van der Waals surface area (Å²) in [5.41, 5.74) is 0. The standard InChI is InChI=1S/C10H16N4O/c15-10(9-11-7-12-14-9)13-8-5-3-1-2-4-6-8/h7-8H,1-6H2,(H,13,15)(H,11,12,14). The topological polar surface area (TPSA) is 70.7 Å². The average Bonchev–Trinajstić information content (AvgIpc) is 2.65. The lowest BCUT2D eigenvalue weighted by Crippen LogP contribution is -2.35. The second-order valence-electron chi connectivity index (χ2n) is 4.00. The van der Waals surface area contributed by atoms with Crippen LogP contribution in [0, 0.1) is 0 Å². The second-order valence-corrected chi connectivity index (χ2v) is 4.00. The van der Waals surface area contributed by atoms with Crippen molar-refractivity contribution in [2.45, 2.75) is 44.6 Å². The highest BCUT2D eigenvalue weighted by Crippen LogP contribution is 2.17. The molecule has 0 spiro atoms. The van der Waals surface area contributed by atoms with Gasteiger partial charge >= 0.3 is 0 Å². The van der Waals surface area contributed by atoms with E-state index in [2.05, 4.69) is 20.5 Å². The molecule has 0 aromatic carbocycles. The molecule has 5 heteroatoms. The number of aromatic nitrogens is 3. The molecule has 0 saturated heterocycles. The minimum Gasteiger partial charge on any atom is -0.347 e. The summed E-state index contributed by atoms with van der Waals surface area (Å²) in [6, 6.07) is 0.310. The van der Waals surface area contributed by atoms with E-state index in [1.54, 1.807) is 0 Å². The van der Waals surface area contributed by atoms with Gasteiger partial charge in [-0.1, -0.05) is 25.7 Å². The van der Waals surface area contributed by atoms with Crippen molar-refractivity contribution in [1.82, 2.24) is 20.5 Å². The first kappa shape index (κ1) is 10.1. The Bertz CT molecular complexity index is 301. The zero-order chi connectivity index (χ0) is 10.5. The van der Waals surface area contributed by atoms with Crippen LogP contribution < -0.4 is 5.32 Å². The zero-order valence-corrected chi connectivity index (χ0v) is 8.70. The Morgan fingerprint density at radius 2 is 2.07 bits per heavy atom. The van der Waals surface area contributed by atoms with Crippen LogP contribution in [-0.2, 0) is 0 Å². The van der Waals surface area contributed by atoms with Crippen molar-refractivity contribution >= 4 is 5.91 Å². The summed E-state index contributed by atoms with van der Waals surface area (Å²) >= 11 is 0. The number of hydrogen-bond acceptors (Lipinski definition) is 3. The molecule has 1 amide bonds. The Labute approximate surface area is 88.7 Å². The largest absolute Gasteiger partial charge is 0.347 e. The lowest BCUT2D eigenvalue weighted by Gasteiger charge is -2.14. The summed E-state index contributed by atoms with van der Waals surface area (Å²) < 4.78 is 0. The van der Waals surface area contributed by atoms with E-state index in [-0.39, 0.29) is 5.91 Å². The van der Waals surface area contributed by atoms with Crippen molar-refractivity contribution in [1.29, 1.82) is 0 Å². The first-order chi connectivity index (χ1) is 7.36. The molecular formula is C10H16N4O. The van der Waals surface area contributed by atoms with Gasteiger partial charge in [-0.3, -0.25) is 9.89 Å². The number of amides is 1. The maximum atomic E-state index is 11.6. The van der Waals surface area contributed by atoms with E-state index in [0.717, 1.165) is 12.8 Å². The van der Waals surface area contributed by atoms with Gasteiger partial charge in [-0.25, -0.2) is 4.98 Å². The quantitative estimate of drug-likeness (QED) is 0.719. The van der Waals surface area contributed by atoms with E-state index in [1.165, 1.54) is 32.0 Å². The fraction of sp³-hybridized carbons (Fsp3) is 0.700. The van der Waals surface area contributed by atoms with Gasteiger partial charge in [-0.05, 0) is 12.8 Å². The third-order valence-corrected chi connectivity index (χ3v) is 2.82. The summed E-state index contributed by atoms with van der Waals surface area (Å²) in [5, 5.41) is 9.22. The molecule has 1 heterocycles. The SMILES string of the molecule is O=C(NC1CCCCCC1)c1ncn[nH]1.